The molecule has 0 N–H and O–H groups in total. The number of hydrogen-bond acceptors (Lipinski definition) is 0. The molecule has 0 aromatic heterocycles. The molecule has 2 saturated carbocycles. The molecule has 0 aromatic carbocycles. The van der Waals surface area contributed by atoms with Crippen LogP contribution in [0.4, 0.5) is 0 Å². The van der Waals surface area contributed by atoms with Gasteiger partial charge in [-0.25, -0.2) is 0 Å². The van der Waals surface area contributed by atoms with Crippen LogP contribution in [0.3, 0.4) is 0 Å². The van der Waals surface area contributed by atoms with Crippen LogP contribution in [0, 0.1) is 29.6 Å². The Morgan fingerprint density at radius 1 is 1.08 bits per heavy atom. The van der Waals surface area contributed by atoms with Crippen molar-refractivity contribution >= 4 is 0 Å². The summed E-state index contributed by atoms with van der Waals surface area (Å²) in [4.78, 5) is 0. The molecule has 0 aliphatic heterocycles. The quantitative estimate of drug-likeness (QED) is 0.613. The van der Waals surface area contributed by atoms with Crippen molar-refractivity contribution in [2.75, 3.05) is 0 Å². The number of rotatable bonds is 3. The van der Waals surface area contributed by atoms with Crippen LogP contribution in [0.2, 0.25) is 0 Å². The van der Waals surface area contributed by atoms with E-state index in [0.29, 0.717) is 0 Å². The molecular weight excluding hydrogens is 156 g/mol. The molecule has 2 aliphatic carbocycles. The van der Waals surface area contributed by atoms with E-state index in [1.165, 1.54) is 19.3 Å². The average Bonchev–Trinajstić information content (AvgIpc) is 2.62. The Hall–Kier alpha value is 0. The highest BCUT2D eigenvalue weighted by molar-refractivity contribution is 4.98. The second-order valence-electron chi connectivity index (χ2n) is 5.40. The number of fused-ring (bicyclic) bond motifs is 2. The van der Waals surface area contributed by atoms with Gasteiger partial charge < -0.3 is 0 Å². The molecule has 0 radical (unpaired) electrons. The maximum Gasteiger partial charge on any atom is -0.0355 e. The molecule has 0 amide bonds. The van der Waals surface area contributed by atoms with Crippen LogP contribution in [0.1, 0.15) is 52.9 Å². The molecule has 0 aromatic rings. The first-order valence-electron chi connectivity index (χ1n) is 6.27. The SMILES string of the molecule is CCCC1C2CC(C)C(C2)C1CC. The Balaban J connectivity index is 2.05. The highest BCUT2D eigenvalue weighted by Crippen LogP contribution is 2.57. The van der Waals surface area contributed by atoms with Crippen LogP contribution >= 0.6 is 0 Å². The molecule has 2 bridgehead atoms. The zero-order valence-corrected chi connectivity index (χ0v) is 9.42. The molecule has 0 spiro atoms. The van der Waals surface area contributed by atoms with E-state index in [-0.39, 0.29) is 0 Å². The van der Waals surface area contributed by atoms with Gasteiger partial charge in [0.25, 0.3) is 0 Å². The van der Waals surface area contributed by atoms with Crippen LogP contribution in [0.5, 0.6) is 0 Å². The van der Waals surface area contributed by atoms with E-state index < -0.39 is 0 Å². The fraction of sp³-hybridized carbons (Fsp3) is 1.00. The van der Waals surface area contributed by atoms with Crippen molar-refractivity contribution in [3.8, 4) is 0 Å². The van der Waals surface area contributed by atoms with Gasteiger partial charge in [0.05, 0.1) is 0 Å². The lowest BCUT2D eigenvalue weighted by molar-refractivity contribution is 0.157. The Morgan fingerprint density at radius 3 is 2.46 bits per heavy atom. The lowest BCUT2D eigenvalue weighted by Gasteiger charge is -2.33. The van der Waals surface area contributed by atoms with Gasteiger partial charge in [-0.3, -0.25) is 0 Å². The van der Waals surface area contributed by atoms with Gasteiger partial charge in [0.2, 0.25) is 0 Å². The van der Waals surface area contributed by atoms with E-state index >= 15 is 0 Å². The third kappa shape index (κ3) is 1.43. The van der Waals surface area contributed by atoms with Crippen LogP contribution in [0.15, 0.2) is 0 Å². The normalized spacial score (nSPS) is 48.7. The van der Waals surface area contributed by atoms with Crippen molar-refractivity contribution in [3.63, 3.8) is 0 Å². The first kappa shape index (κ1) is 9.55. The zero-order chi connectivity index (χ0) is 9.42. The Morgan fingerprint density at radius 2 is 1.85 bits per heavy atom. The minimum atomic E-state index is 1.04. The predicted molar refractivity (Wildman–Crippen MR) is 57.6 cm³/mol. The average molecular weight is 180 g/mol. The molecule has 0 heteroatoms. The predicted octanol–water partition coefficient (Wildman–Crippen LogP) is 4.10. The highest BCUT2D eigenvalue weighted by atomic mass is 14.5. The summed E-state index contributed by atoms with van der Waals surface area (Å²) in [5, 5.41) is 0. The Kier molecular flexibility index (Phi) is 2.67. The topological polar surface area (TPSA) is 0 Å². The molecule has 0 nitrogen and oxygen atoms in total. The summed E-state index contributed by atoms with van der Waals surface area (Å²) in [6.45, 7) is 7.23. The van der Waals surface area contributed by atoms with E-state index in [2.05, 4.69) is 20.8 Å². The van der Waals surface area contributed by atoms with Crippen molar-refractivity contribution in [3.05, 3.63) is 0 Å². The maximum absolute atomic E-state index is 2.48. The Bertz CT molecular complexity index is 173. The molecule has 13 heavy (non-hydrogen) atoms. The lowest BCUT2D eigenvalue weighted by Crippen LogP contribution is -2.26. The van der Waals surface area contributed by atoms with E-state index in [0.717, 1.165) is 29.6 Å². The maximum atomic E-state index is 2.48. The molecule has 0 heterocycles. The van der Waals surface area contributed by atoms with Gasteiger partial charge in [-0.2, -0.15) is 0 Å². The number of hydrogen-bond donors (Lipinski definition) is 0. The fourth-order valence-electron chi connectivity index (χ4n) is 4.33. The van der Waals surface area contributed by atoms with E-state index in [1.54, 1.807) is 12.8 Å². The van der Waals surface area contributed by atoms with E-state index in [1.807, 2.05) is 0 Å². The summed E-state index contributed by atoms with van der Waals surface area (Å²) in [5.74, 6) is 5.46. The van der Waals surface area contributed by atoms with Gasteiger partial charge in [-0.1, -0.05) is 40.0 Å². The van der Waals surface area contributed by atoms with Crippen LogP contribution in [-0.2, 0) is 0 Å². The van der Waals surface area contributed by atoms with Gasteiger partial charge in [-0.05, 0) is 42.4 Å². The first-order chi connectivity index (χ1) is 6.27. The first-order valence-corrected chi connectivity index (χ1v) is 6.27. The second kappa shape index (κ2) is 3.63. The summed E-state index contributed by atoms with van der Waals surface area (Å²) in [5.41, 5.74) is 0. The molecule has 0 saturated heterocycles. The molecule has 5 unspecified atom stereocenters. The zero-order valence-electron chi connectivity index (χ0n) is 9.42. The van der Waals surface area contributed by atoms with Gasteiger partial charge in [0, 0.05) is 0 Å². The molecule has 5 atom stereocenters. The lowest BCUT2D eigenvalue weighted by atomic mass is 9.72. The molecular formula is C13H24. The largest absolute Gasteiger partial charge is 0.0654 e. The van der Waals surface area contributed by atoms with Crippen LogP contribution in [0.25, 0.3) is 0 Å². The minimum Gasteiger partial charge on any atom is -0.0654 e. The molecule has 2 rings (SSSR count). The smallest absolute Gasteiger partial charge is 0.0355 e. The summed E-state index contributed by atoms with van der Waals surface area (Å²) in [6, 6.07) is 0. The van der Waals surface area contributed by atoms with Crippen LogP contribution in [-0.4, -0.2) is 0 Å². The molecule has 2 aliphatic rings. The second-order valence-corrected chi connectivity index (χ2v) is 5.40. The minimum absolute atomic E-state index is 1.04. The summed E-state index contributed by atoms with van der Waals surface area (Å²) in [7, 11) is 0. The van der Waals surface area contributed by atoms with Gasteiger partial charge >= 0.3 is 0 Å². The van der Waals surface area contributed by atoms with Crippen molar-refractivity contribution in [1.29, 1.82) is 0 Å². The van der Waals surface area contributed by atoms with Gasteiger partial charge in [0.15, 0.2) is 0 Å². The molecule has 76 valence electrons. The van der Waals surface area contributed by atoms with Crippen LogP contribution < -0.4 is 0 Å². The monoisotopic (exact) mass is 180 g/mol. The third-order valence-electron chi connectivity index (χ3n) is 4.78. The summed E-state index contributed by atoms with van der Waals surface area (Å²) >= 11 is 0. The van der Waals surface area contributed by atoms with Gasteiger partial charge in [0.1, 0.15) is 0 Å². The van der Waals surface area contributed by atoms with E-state index in [4.69, 9.17) is 0 Å². The van der Waals surface area contributed by atoms with Crippen molar-refractivity contribution in [2.45, 2.75) is 52.9 Å². The van der Waals surface area contributed by atoms with Crippen molar-refractivity contribution < 1.29 is 0 Å². The summed E-state index contributed by atoms with van der Waals surface area (Å²) in [6.07, 6.45) is 7.47. The summed E-state index contributed by atoms with van der Waals surface area (Å²) < 4.78 is 0. The van der Waals surface area contributed by atoms with Gasteiger partial charge in [-0.15, -0.1) is 0 Å². The Labute approximate surface area is 83.1 Å². The van der Waals surface area contributed by atoms with Crippen molar-refractivity contribution in [2.24, 2.45) is 29.6 Å². The highest BCUT2D eigenvalue weighted by Gasteiger charge is 2.49. The standard InChI is InChI=1S/C13H24/c1-4-6-12-10-7-9(3)13(8-10)11(12)5-2/h9-13H,4-8H2,1-3H3. The van der Waals surface area contributed by atoms with E-state index in [9.17, 15) is 0 Å². The fourth-order valence-corrected chi connectivity index (χ4v) is 4.33. The van der Waals surface area contributed by atoms with Crippen molar-refractivity contribution in [1.82, 2.24) is 0 Å². The molecule has 2 fully saturated rings. The third-order valence-corrected chi connectivity index (χ3v) is 4.78.